The molecule has 1 rings (SSSR count). The second-order valence-corrected chi connectivity index (χ2v) is 3.59. The molecule has 7 nitrogen and oxygen atoms in total. The van der Waals surface area contributed by atoms with Crippen LogP contribution in [-0.4, -0.2) is 34.2 Å². The van der Waals surface area contributed by atoms with Crippen LogP contribution < -0.4 is 15.6 Å². The molecule has 1 aromatic heterocycles. The van der Waals surface area contributed by atoms with E-state index in [0.717, 1.165) is 0 Å². The lowest BCUT2D eigenvalue weighted by Crippen LogP contribution is -2.21. The van der Waals surface area contributed by atoms with E-state index in [1.807, 2.05) is 6.92 Å². The topological polar surface area (TPSA) is 104 Å². The van der Waals surface area contributed by atoms with Gasteiger partial charge in [-0.05, 0) is 13.3 Å². The normalized spacial score (nSPS) is 11.9. The van der Waals surface area contributed by atoms with Gasteiger partial charge in [0.05, 0.1) is 13.4 Å². The van der Waals surface area contributed by atoms with Gasteiger partial charge in [0.2, 0.25) is 5.75 Å². The number of ether oxygens (including phenoxy) is 1. The van der Waals surface area contributed by atoms with Gasteiger partial charge in [0.25, 0.3) is 5.56 Å². The Kier molecular flexibility index (Phi) is 4.50. The lowest BCUT2D eigenvalue weighted by atomic mass is 10.2. The van der Waals surface area contributed by atoms with Crippen molar-refractivity contribution in [1.29, 1.82) is 0 Å². The third-order valence-corrected chi connectivity index (χ3v) is 2.19. The fourth-order valence-electron chi connectivity index (χ4n) is 1.32. The number of carbonyl (C=O) groups is 1. The number of H-pyrrole nitrogens is 1. The van der Waals surface area contributed by atoms with Crippen molar-refractivity contribution in [3.8, 4) is 5.75 Å². The number of nitrogens with zero attached hydrogens (tertiary/aromatic N) is 1. The van der Waals surface area contributed by atoms with E-state index in [-0.39, 0.29) is 23.8 Å². The van der Waals surface area contributed by atoms with E-state index in [1.165, 1.54) is 13.4 Å². The fraction of sp³-hybridized carbons (Fsp3) is 0.500. The van der Waals surface area contributed by atoms with Gasteiger partial charge in [-0.25, -0.2) is 4.98 Å². The van der Waals surface area contributed by atoms with Crippen LogP contribution in [0.2, 0.25) is 0 Å². The average Bonchev–Trinajstić information content (AvgIpc) is 2.27. The zero-order valence-corrected chi connectivity index (χ0v) is 9.69. The van der Waals surface area contributed by atoms with Crippen molar-refractivity contribution >= 4 is 11.8 Å². The molecule has 0 aliphatic rings. The summed E-state index contributed by atoms with van der Waals surface area (Å²) in [5.74, 6) is -0.451. The first-order valence-electron chi connectivity index (χ1n) is 5.14. The monoisotopic (exact) mass is 241 g/mol. The number of methoxy groups -OCH3 is 1. The zero-order chi connectivity index (χ0) is 12.8. The molecule has 0 amide bonds. The van der Waals surface area contributed by atoms with Crippen LogP contribution in [0.15, 0.2) is 11.1 Å². The Morgan fingerprint density at radius 1 is 1.71 bits per heavy atom. The van der Waals surface area contributed by atoms with Crippen LogP contribution in [0.4, 0.5) is 5.82 Å². The van der Waals surface area contributed by atoms with Gasteiger partial charge in [-0.1, -0.05) is 0 Å². The van der Waals surface area contributed by atoms with Gasteiger partial charge in [0.1, 0.15) is 0 Å². The van der Waals surface area contributed by atoms with Gasteiger partial charge in [-0.3, -0.25) is 9.59 Å². The molecule has 94 valence electrons. The van der Waals surface area contributed by atoms with Gasteiger partial charge in [-0.2, -0.15) is 0 Å². The second kappa shape index (κ2) is 5.88. The van der Waals surface area contributed by atoms with Crippen molar-refractivity contribution in [2.24, 2.45) is 0 Å². The number of hydrogen-bond donors (Lipinski definition) is 3. The molecule has 1 unspecified atom stereocenters. The standard InChI is InChI=1S/C10H15N3O4/c1-6(3-4-7(14)15)13-9-8(17-2)10(16)12-5-11-9/h5-6H,3-4H2,1-2H3,(H,14,15)(H2,11,12,13,16). The van der Waals surface area contributed by atoms with Crippen LogP contribution in [-0.2, 0) is 4.79 Å². The van der Waals surface area contributed by atoms with E-state index in [2.05, 4.69) is 15.3 Å². The molecule has 0 aromatic carbocycles. The molecule has 0 aliphatic heterocycles. The van der Waals surface area contributed by atoms with Crippen molar-refractivity contribution < 1.29 is 14.6 Å². The number of aromatic nitrogens is 2. The van der Waals surface area contributed by atoms with Crippen LogP contribution >= 0.6 is 0 Å². The highest BCUT2D eigenvalue weighted by molar-refractivity contribution is 5.66. The summed E-state index contributed by atoms with van der Waals surface area (Å²) in [5, 5.41) is 11.5. The van der Waals surface area contributed by atoms with Crippen LogP contribution in [0.5, 0.6) is 5.75 Å². The smallest absolute Gasteiger partial charge is 0.303 e. The first-order valence-corrected chi connectivity index (χ1v) is 5.14. The van der Waals surface area contributed by atoms with Gasteiger partial charge in [0, 0.05) is 12.5 Å². The van der Waals surface area contributed by atoms with Gasteiger partial charge in [-0.15, -0.1) is 0 Å². The minimum atomic E-state index is -0.857. The van der Waals surface area contributed by atoms with Gasteiger partial charge < -0.3 is 20.1 Å². The molecule has 0 bridgehead atoms. The Bertz CT molecular complexity index is 443. The minimum Gasteiger partial charge on any atom is -0.489 e. The van der Waals surface area contributed by atoms with Gasteiger partial charge >= 0.3 is 5.97 Å². The maximum Gasteiger partial charge on any atom is 0.303 e. The van der Waals surface area contributed by atoms with Crippen molar-refractivity contribution in [3.63, 3.8) is 0 Å². The molecule has 0 saturated heterocycles. The predicted molar refractivity (Wildman–Crippen MR) is 61.4 cm³/mol. The maximum absolute atomic E-state index is 11.4. The molecule has 0 fully saturated rings. The number of rotatable bonds is 6. The zero-order valence-electron chi connectivity index (χ0n) is 9.69. The summed E-state index contributed by atoms with van der Waals surface area (Å²) in [4.78, 5) is 28.1. The summed E-state index contributed by atoms with van der Waals surface area (Å²) in [6.45, 7) is 1.81. The molecule has 1 heterocycles. The van der Waals surface area contributed by atoms with Crippen LogP contribution in [0.1, 0.15) is 19.8 Å². The summed E-state index contributed by atoms with van der Waals surface area (Å²) >= 11 is 0. The number of anilines is 1. The van der Waals surface area contributed by atoms with E-state index in [9.17, 15) is 9.59 Å². The lowest BCUT2D eigenvalue weighted by molar-refractivity contribution is -0.137. The largest absolute Gasteiger partial charge is 0.489 e. The van der Waals surface area contributed by atoms with Crippen molar-refractivity contribution in [2.45, 2.75) is 25.8 Å². The summed E-state index contributed by atoms with van der Waals surface area (Å²) in [6, 6.07) is -0.116. The first-order chi connectivity index (χ1) is 8.04. The van der Waals surface area contributed by atoms with Gasteiger partial charge in [0.15, 0.2) is 5.82 Å². The summed E-state index contributed by atoms with van der Waals surface area (Å²) < 4.78 is 4.92. The van der Waals surface area contributed by atoms with E-state index in [0.29, 0.717) is 12.2 Å². The van der Waals surface area contributed by atoms with Crippen molar-refractivity contribution in [1.82, 2.24) is 9.97 Å². The number of carboxylic acids is 1. The van der Waals surface area contributed by atoms with Crippen LogP contribution in [0.3, 0.4) is 0 Å². The number of nitrogens with one attached hydrogen (secondary N) is 2. The molecule has 7 heteroatoms. The lowest BCUT2D eigenvalue weighted by Gasteiger charge is -2.14. The molecule has 0 spiro atoms. The Morgan fingerprint density at radius 3 is 3.00 bits per heavy atom. The number of aromatic amines is 1. The van der Waals surface area contributed by atoms with E-state index in [4.69, 9.17) is 9.84 Å². The highest BCUT2D eigenvalue weighted by Crippen LogP contribution is 2.16. The van der Waals surface area contributed by atoms with E-state index >= 15 is 0 Å². The first kappa shape index (κ1) is 13.0. The molecule has 1 aromatic rings. The van der Waals surface area contributed by atoms with Crippen molar-refractivity contribution in [2.75, 3.05) is 12.4 Å². The van der Waals surface area contributed by atoms with Crippen LogP contribution in [0.25, 0.3) is 0 Å². The molecule has 0 saturated carbocycles. The fourth-order valence-corrected chi connectivity index (χ4v) is 1.32. The van der Waals surface area contributed by atoms with E-state index < -0.39 is 5.97 Å². The summed E-state index contributed by atoms with van der Waals surface area (Å²) in [7, 11) is 1.37. The molecule has 3 N–H and O–H groups in total. The average molecular weight is 241 g/mol. The SMILES string of the molecule is COc1c(NC(C)CCC(=O)O)nc[nH]c1=O. The quantitative estimate of drug-likeness (QED) is 0.667. The molecular weight excluding hydrogens is 226 g/mol. The molecule has 1 atom stereocenters. The van der Waals surface area contributed by atoms with Crippen LogP contribution in [0, 0.1) is 0 Å². The Hall–Kier alpha value is -2.05. The van der Waals surface area contributed by atoms with Crippen molar-refractivity contribution in [3.05, 3.63) is 16.7 Å². The summed E-state index contributed by atoms with van der Waals surface area (Å²) in [6.07, 6.45) is 1.75. The van der Waals surface area contributed by atoms with E-state index in [1.54, 1.807) is 0 Å². The predicted octanol–water partition coefficient (Wildman–Crippen LogP) is 0.444. The highest BCUT2D eigenvalue weighted by Gasteiger charge is 2.12. The molecular formula is C10H15N3O4. The third kappa shape index (κ3) is 3.78. The Morgan fingerprint density at radius 2 is 2.41 bits per heavy atom. The number of hydrogen-bond acceptors (Lipinski definition) is 5. The number of aliphatic carboxylic acids is 1. The molecule has 0 radical (unpaired) electrons. The molecule has 0 aliphatic carbocycles. The summed E-state index contributed by atoms with van der Waals surface area (Å²) in [5.41, 5.74) is -0.379. The second-order valence-electron chi connectivity index (χ2n) is 3.59. The number of carboxylic acid groups (broad SMARTS) is 1. The Balaban J connectivity index is 2.71. The highest BCUT2D eigenvalue weighted by atomic mass is 16.5. The molecule has 17 heavy (non-hydrogen) atoms. The Labute approximate surface area is 97.8 Å². The third-order valence-electron chi connectivity index (χ3n) is 2.19. The minimum absolute atomic E-state index is 0.0552. The maximum atomic E-state index is 11.4.